The molecule has 0 atom stereocenters. The molecule has 2 aromatic carbocycles. The van der Waals surface area contributed by atoms with Crippen LogP contribution in [0.4, 0.5) is 4.39 Å². The molecule has 1 heterocycles. The number of hydrogen-bond donors (Lipinski definition) is 1. The molecule has 3 rings (SSSR count). The first-order valence-corrected chi connectivity index (χ1v) is 8.34. The lowest BCUT2D eigenvalue weighted by molar-refractivity contribution is -0.120. The summed E-state index contributed by atoms with van der Waals surface area (Å²) in [6.45, 7) is 4.12. The fourth-order valence-corrected chi connectivity index (χ4v) is 2.79. The molecule has 1 aromatic heterocycles. The highest BCUT2D eigenvalue weighted by Gasteiger charge is 2.05. The predicted octanol–water partition coefficient (Wildman–Crippen LogP) is 3.93. The largest absolute Gasteiger partial charge is 0.315 e. The van der Waals surface area contributed by atoms with E-state index in [-0.39, 0.29) is 18.1 Å². The van der Waals surface area contributed by atoms with Crippen LogP contribution in [0.15, 0.2) is 65.9 Å². The molecule has 4 nitrogen and oxygen atoms in total. The Labute approximate surface area is 152 Å². The summed E-state index contributed by atoms with van der Waals surface area (Å²) in [7, 11) is 0. The summed E-state index contributed by atoms with van der Waals surface area (Å²) in [5.74, 6) is -0.572. The standard InChI is InChI=1S/C21H20FN3O/c1-15-5-10-20(16(2)12-15)25-11-3-4-19(25)14-23-24-21(26)13-17-6-8-18(22)9-7-17/h3-12,14H,13H2,1-2H3,(H,24,26)/b23-14+. The van der Waals surface area contributed by atoms with Crippen LogP contribution in [0.25, 0.3) is 5.69 Å². The van der Waals surface area contributed by atoms with Gasteiger partial charge in [0.15, 0.2) is 0 Å². The average Bonchev–Trinajstić information content (AvgIpc) is 3.05. The van der Waals surface area contributed by atoms with E-state index in [1.807, 2.05) is 22.9 Å². The number of hydrogen-bond acceptors (Lipinski definition) is 2. The Hall–Kier alpha value is -3.21. The molecule has 0 saturated carbocycles. The van der Waals surface area contributed by atoms with Gasteiger partial charge in [-0.25, -0.2) is 9.82 Å². The van der Waals surface area contributed by atoms with Crippen molar-refractivity contribution in [2.24, 2.45) is 5.10 Å². The molecule has 0 spiro atoms. The van der Waals surface area contributed by atoms with Gasteiger partial charge in [-0.2, -0.15) is 5.10 Å². The molecular formula is C21H20FN3O. The molecule has 0 radical (unpaired) electrons. The van der Waals surface area contributed by atoms with Crippen molar-refractivity contribution in [3.63, 3.8) is 0 Å². The molecule has 1 amide bonds. The van der Waals surface area contributed by atoms with Gasteiger partial charge in [0.2, 0.25) is 5.91 Å². The smallest absolute Gasteiger partial charge is 0.244 e. The van der Waals surface area contributed by atoms with Crippen molar-refractivity contribution in [2.75, 3.05) is 0 Å². The minimum Gasteiger partial charge on any atom is -0.315 e. The minimum absolute atomic E-state index is 0.149. The summed E-state index contributed by atoms with van der Waals surface area (Å²) in [5.41, 5.74) is 7.55. The number of nitrogens with one attached hydrogen (secondary N) is 1. The number of rotatable bonds is 5. The monoisotopic (exact) mass is 349 g/mol. The van der Waals surface area contributed by atoms with Crippen LogP contribution < -0.4 is 5.43 Å². The molecule has 0 saturated heterocycles. The van der Waals surface area contributed by atoms with E-state index >= 15 is 0 Å². The Bertz CT molecular complexity index is 942. The Morgan fingerprint density at radius 3 is 2.65 bits per heavy atom. The van der Waals surface area contributed by atoms with Crippen LogP contribution in [0.5, 0.6) is 0 Å². The lowest BCUT2D eigenvalue weighted by Gasteiger charge is -2.10. The number of hydrazone groups is 1. The summed E-state index contributed by atoms with van der Waals surface area (Å²) in [5, 5.41) is 4.04. The number of carbonyl (C=O) groups is 1. The summed E-state index contributed by atoms with van der Waals surface area (Å²) in [6, 6.07) is 16.0. The Morgan fingerprint density at radius 1 is 1.15 bits per heavy atom. The second kappa shape index (κ2) is 7.78. The first kappa shape index (κ1) is 17.6. The molecule has 0 fully saturated rings. The van der Waals surface area contributed by atoms with E-state index in [0.717, 1.165) is 22.5 Å². The Balaban J connectivity index is 1.67. The predicted molar refractivity (Wildman–Crippen MR) is 101 cm³/mol. The molecule has 132 valence electrons. The number of nitrogens with zero attached hydrogens (tertiary/aromatic N) is 2. The minimum atomic E-state index is -0.320. The average molecular weight is 349 g/mol. The van der Waals surface area contributed by atoms with E-state index in [1.165, 1.54) is 17.7 Å². The molecule has 3 aromatic rings. The van der Waals surface area contributed by atoms with E-state index in [0.29, 0.717) is 0 Å². The summed E-state index contributed by atoms with van der Waals surface area (Å²) in [6.07, 6.45) is 3.72. The fourth-order valence-electron chi connectivity index (χ4n) is 2.79. The van der Waals surface area contributed by atoms with Crippen molar-refractivity contribution < 1.29 is 9.18 Å². The van der Waals surface area contributed by atoms with Crippen molar-refractivity contribution in [3.05, 3.63) is 89.0 Å². The molecule has 0 aliphatic heterocycles. The van der Waals surface area contributed by atoms with Gasteiger partial charge in [0.1, 0.15) is 5.82 Å². The van der Waals surface area contributed by atoms with Crippen LogP contribution in [-0.4, -0.2) is 16.7 Å². The van der Waals surface area contributed by atoms with Gasteiger partial charge in [0, 0.05) is 11.9 Å². The van der Waals surface area contributed by atoms with Crippen LogP contribution in [-0.2, 0) is 11.2 Å². The van der Waals surface area contributed by atoms with E-state index < -0.39 is 0 Å². The number of aryl methyl sites for hydroxylation is 2. The highest BCUT2D eigenvalue weighted by Crippen LogP contribution is 2.17. The SMILES string of the molecule is Cc1ccc(-n2cccc2/C=N/NC(=O)Cc2ccc(F)cc2)c(C)c1. The van der Waals surface area contributed by atoms with E-state index in [9.17, 15) is 9.18 Å². The summed E-state index contributed by atoms with van der Waals surface area (Å²) >= 11 is 0. The lowest BCUT2D eigenvalue weighted by Crippen LogP contribution is -2.20. The van der Waals surface area contributed by atoms with Crippen molar-refractivity contribution in [2.45, 2.75) is 20.3 Å². The summed E-state index contributed by atoms with van der Waals surface area (Å²) in [4.78, 5) is 11.9. The highest BCUT2D eigenvalue weighted by atomic mass is 19.1. The number of amides is 1. The van der Waals surface area contributed by atoms with Crippen molar-refractivity contribution >= 4 is 12.1 Å². The van der Waals surface area contributed by atoms with Gasteiger partial charge in [-0.05, 0) is 55.3 Å². The van der Waals surface area contributed by atoms with Crippen LogP contribution in [0.2, 0.25) is 0 Å². The van der Waals surface area contributed by atoms with Crippen molar-refractivity contribution in [1.82, 2.24) is 9.99 Å². The number of benzene rings is 2. The van der Waals surface area contributed by atoms with Gasteiger partial charge >= 0.3 is 0 Å². The van der Waals surface area contributed by atoms with Crippen LogP contribution in [0.1, 0.15) is 22.4 Å². The molecular weight excluding hydrogens is 329 g/mol. The number of halogens is 1. The van der Waals surface area contributed by atoms with Crippen molar-refractivity contribution in [3.8, 4) is 5.69 Å². The second-order valence-electron chi connectivity index (χ2n) is 6.19. The van der Waals surface area contributed by atoms with Gasteiger partial charge in [0.05, 0.1) is 18.3 Å². The van der Waals surface area contributed by atoms with Gasteiger partial charge in [-0.15, -0.1) is 0 Å². The topological polar surface area (TPSA) is 46.4 Å². The fraction of sp³-hybridized carbons (Fsp3) is 0.143. The molecule has 26 heavy (non-hydrogen) atoms. The zero-order chi connectivity index (χ0) is 18.5. The van der Waals surface area contributed by atoms with E-state index in [4.69, 9.17) is 0 Å². The maximum Gasteiger partial charge on any atom is 0.244 e. The quantitative estimate of drug-likeness (QED) is 0.551. The van der Waals surface area contributed by atoms with Crippen LogP contribution >= 0.6 is 0 Å². The first-order chi connectivity index (χ1) is 12.5. The maximum atomic E-state index is 12.9. The molecule has 0 aliphatic rings. The van der Waals surface area contributed by atoms with E-state index in [1.54, 1.807) is 18.3 Å². The zero-order valence-electron chi connectivity index (χ0n) is 14.7. The highest BCUT2D eigenvalue weighted by molar-refractivity contribution is 5.83. The van der Waals surface area contributed by atoms with Crippen LogP contribution in [0.3, 0.4) is 0 Å². The van der Waals surface area contributed by atoms with Crippen LogP contribution in [0, 0.1) is 19.7 Å². The van der Waals surface area contributed by atoms with Gasteiger partial charge in [0.25, 0.3) is 0 Å². The first-order valence-electron chi connectivity index (χ1n) is 8.34. The molecule has 0 unspecified atom stereocenters. The van der Waals surface area contributed by atoms with Crippen molar-refractivity contribution in [1.29, 1.82) is 0 Å². The second-order valence-corrected chi connectivity index (χ2v) is 6.19. The van der Waals surface area contributed by atoms with Gasteiger partial charge < -0.3 is 4.57 Å². The van der Waals surface area contributed by atoms with Gasteiger partial charge in [-0.3, -0.25) is 4.79 Å². The Kier molecular flexibility index (Phi) is 5.27. The molecule has 1 N–H and O–H groups in total. The molecule has 5 heteroatoms. The third-order valence-electron chi connectivity index (χ3n) is 4.06. The molecule has 0 bridgehead atoms. The Morgan fingerprint density at radius 2 is 1.92 bits per heavy atom. The summed E-state index contributed by atoms with van der Waals surface area (Å²) < 4.78 is 14.9. The normalized spacial score (nSPS) is 11.0. The zero-order valence-corrected chi connectivity index (χ0v) is 14.7. The third-order valence-corrected chi connectivity index (χ3v) is 4.06. The van der Waals surface area contributed by atoms with E-state index in [2.05, 4.69) is 42.6 Å². The number of carbonyl (C=O) groups excluding carboxylic acids is 1. The molecule has 0 aliphatic carbocycles. The lowest BCUT2D eigenvalue weighted by atomic mass is 10.1. The maximum absolute atomic E-state index is 12.9. The number of aromatic nitrogens is 1. The van der Waals surface area contributed by atoms with Gasteiger partial charge in [-0.1, -0.05) is 29.8 Å². The third kappa shape index (κ3) is 4.25.